The van der Waals surface area contributed by atoms with E-state index in [4.69, 9.17) is 13.9 Å². The maximum atomic E-state index is 12.9. The number of rotatable bonds is 3. The van der Waals surface area contributed by atoms with Crippen LogP contribution in [0.2, 0.25) is 0 Å². The zero-order chi connectivity index (χ0) is 18.3. The number of hydrogen-bond acceptors (Lipinski definition) is 5. The van der Waals surface area contributed by atoms with Crippen molar-refractivity contribution in [3.05, 3.63) is 63.3 Å². The van der Waals surface area contributed by atoms with E-state index in [1.165, 1.54) is 0 Å². The molecule has 0 spiro atoms. The van der Waals surface area contributed by atoms with Crippen molar-refractivity contribution in [2.45, 2.75) is 6.92 Å². The highest BCUT2D eigenvalue weighted by atomic mass is 16.5. The van der Waals surface area contributed by atoms with E-state index in [1.54, 1.807) is 32.2 Å². The molecule has 1 aliphatic heterocycles. The molecule has 0 bridgehead atoms. The first kappa shape index (κ1) is 16.1. The van der Waals surface area contributed by atoms with Gasteiger partial charge in [-0.05, 0) is 49.4 Å². The predicted octanol–water partition coefficient (Wildman–Crippen LogP) is 3.75. The normalized spacial score (nSPS) is 12.9. The Morgan fingerprint density at radius 3 is 2.58 bits per heavy atom. The van der Waals surface area contributed by atoms with Crippen molar-refractivity contribution in [2.24, 2.45) is 0 Å². The third kappa shape index (κ3) is 2.49. The van der Waals surface area contributed by atoms with Crippen molar-refractivity contribution in [3.8, 4) is 22.8 Å². The Hall–Kier alpha value is -3.34. The van der Waals surface area contributed by atoms with Crippen molar-refractivity contribution in [2.75, 3.05) is 13.7 Å². The van der Waals surface area contributed by atoms with Crippen molar-refractivity contribution < 1.29 is 18.7 Å². The second kappa shape index (κ2) is 6.19. The summed E-state index contributed by atoms with van der Waals surface area (Å²) in [6, 6.07) is 10.7. The van der Waals surface area contributed by atoms with Crippen LogP contribution in [-0.4, -0.2) is 20.0 Å². The molecule has 0 saturated heterocycles. The predicted molar refractivity (Wildman–Crippen MR) is 98.7 cm³/mol. The van der Waals surface area contributed by atoms with Gasteiger partial charge in [-0.25, -0.2) is 0 Å². The number of aldehydes is 1. The van der Waals surface area contributed by atoms with Gasteiger partial charge in [-0.3, -0.25) is 9.59 Å². The molecule has 0 unspecified atom stereocenters. The fraction of sp³-hybridized carbons (Fsp3) is 0.143. The standard InChI is InChI=1S/C21H16O5/c1-12-19(23)16-7-8-18-17(9-13(10-22)11-25-18)21(16)26-20(12)14-3-5-15(24-2)6-4-14/h3-10H,11H2,1-2H3. The second-order valence-electron chi connectivity index (χ2n) is 6.09. The molecule has 2 aromatic carbocycles. The zero-order valence-corrected chi connectivity index (χ0v) is 14.4. The second-order valence-corrected chi connectivity index (χ2v) is 6.09. The van der Waals surface area contributed by atoms with Crippen LogP contribution in [0.4, 0.5) is 0 Å². The molecule has 5 heteroatoms. The van der Waals surface area contributed by atoms with E-state index in [0.717, 1.165) is 17.6 Å². The average molecular weight is 348 g/mol. The van der Waals surface area contributed by atoms with Crippen LogP contribution in [0.3, 0.4) is 0 Å². The highest BCUT2D eigenvalue weighted by molar-refractivity contribution is 5.95. The number of ether oxygens (including phenoxy) is 2. The van der Waals surface area contributed by atoms with Crippen LogP contribution in [0.25, 0.3) is 28.4 Å². The Bertz CT molecular complexity index is 1100. The summed E-state index contributed by atoms with van der Waals surface area (Å²) in [5, 5.41) is 0.463. The monoisotopic (exact) mass is 348 g/mol. The summed E-state index contributed by atoms with van der Waals surface area (Å²) < 4.78 is 16.9. The number of fused-ring (bicyclic) bond motifs is 3. The van der Waals surface area contributed by atoms with E-state index in [2.05, 4.69) is 0 Å². The highest BCUT2D eigenvalue weighted by Crippen LogP contribution is 2.35. The zero-order valence-electron chi connectivity index (χ0n) is 14.4. The summed E-state index contributed by atoms with van der Waals surface area (Å²) in [5.41, 5.74) is 2.73. The van der Waals surface area contributed by atoms with Gasteiger partial charge in [0.15, 0.2) is 5.43 Å². The molecule has 0 atom stereocenters. The van der Waals surface area contributed by atoms with E-state index in [9.17, 15) is 9.59 Å². The van der Waals surface area contributed by atoms with Crippen LogP contribution in [0.15, 0.2) is 51.2 Å². The van der Waals surface area contributed by atoms with Crippen LogP contribution >= 0.6 is 0 Å². The summed E-state index contributed by atoms with van der Waals surface area (Å²) >= 11 is 0. The van der Waals surface area contributed by atoms with E-state index in [-0.39, 0.29) is 12.0 Å². The summed E-state index contributed by atoms with van der Waals surface area (Å²) in [5.74, 6) is 1.81. The lowest BCUT2D eigenvalue weighted by Gasteiger charge is -2.17. The smallest absolute Gasteiger partial charge is 0.196 e. The lowest BCUT2D eigenvalue weighted by atomic mass is 10.0. The molecule has 1 aliphatic rings. The molecular weight excluding hydrogens is 332 g/mol. The van der Waals surface area contributed by atoms with Crippen LogP contribution in [0.5, 0.6) is 11.5 Å². The Morgan fingerprint density at radius 1 is 1.12 bits per heavy atom. The molecular formula is C21H16O5. The molecule has 130 valence electrons. The van der Waals surface area contributed by atoms with Gasteiger partial charge in [0.05, 0.1) is 18.1 Å². The van der Waals surface area contributed by atoms with Gasteiger partial charge in [0.25, 0.3) is 0 Å². The Morgan fingerprint density at radius 2 is 1.88 bits per heavy atom. The minimum atomic E-state index is -0.105. The van der Waals surface area contributed by atoms with Gasteiger partial charge in [-0.2, -0.15) is 0 Å². The molecule has 0 N–H and O–H groups in total. The molecule has 0 amide bonds. The number of methoxy groups -OCH3 is 1. The van der Waals surface area contributed by atoms with E-state index >= 15 is 0 Å². The van der Waals surface area contributed by atoms with Gasteiger partial charge in [0, 0.05) is 16.7 Å². The fourth-order valence-corrected chi connectivity index (χ4v) is 3.09. The summed E-state index contributed by atoms with van der Waals surface area (Å²) in [7, 11) is 1.60. The van der Waals surface area contributed by atoms with Gasteiger partial charge in [-0.15, -0.1) is 0 Å². The molecule has 26 heavy (non-hydrogen) atoms. The Balaban J connectivity index is 2.01. The van der Waals surface area contributed by atoms with Crippen LogP contribution in [0, 0.1) is 6.92 Å². The first-order chi connectivity index (χ1) is 12.6. The molecule has 2 heterocycles. The molecule has 4 rings (SSSR count). The minimum Gasteiger partial charge on any atom is -0.497 e. The van der Waals surface area contributed by atoms with Crippen LogP contribution < -0.4 is 14.9 Å². The lowest BCUT2D eigenvalue weighted by molar-refractivity contribution is -0.105. The van der Waals surface area contributed by atoms with Crippen molar-refractivity contribution in [3.63, 3.8) is 0 Å². The van der Waals surface area contributed by atoms with E-state index < -0.39 is 0 Å². The largest absolute Gasteiger partial charge is 0.497 e. The number of hydrogen-bond donors (Lipinski definition) is 0. The van der Waals surface area contributed by atoms with Gasteiger partial charge < -0.3 is 13.9 Å². The first-order valence-corrected chi connectivity index (χ1v) is 8.15. The highest BCUT2D eigenvalue weighted by Gasteiger charge is 2.20. The third-order valence-electron chi connectivity index (χ3n) is 4.51. The molecule has 0 saturated carbocycles. The fourth-order valence-electron chi connectivity index (χ4n) is 3.09. The quantitative estimate of drug-likeness (QED) is 0.675. The lowest BCUT2D eigenvalue weighted by Crippen LogP contribution is -2.11. The van der Waals surface area contributed by atoms with Crippen LogP contribution in [-0.2, 0) is 4.79 Å². The topological polar surface area (TPSA) is 65.7 Å². The molecule has 1 aromatic heterocycles. The Labute approximate surface area is 149 Å². The summed E-state index contributed by atoms with van der Waals surface area (Å²) in [4.78, 5) is 24.0. The summed E-state index contributed by atoms with van der Waals surface area (Å²) in [6.07, 6.45) is 2.46. The van der Waals surface area contributed by atoms with E-state index in [0.29, 0.717) is 39.2 Å². The minimum absolute atomic E-state index is 0.105. The molecule has 0 aliphatic carbocycles. The first-order valence-electron chi connectivity index (χ1n) is 8.15. The summed E-state index contributed by atoms with van der Waals surface area (Å²) in [6.45, 7) is 1.96. The van der Waals surface area contributed by atoms with Gasteiger partial charge >= 0.3 is 0 Å². The Kier molecular flexibility index (Phi) is 3.84. The number of carbonyl (C=O) groups is 1. The van der Waals surface area contributed by atoms with Gasteiger partial charge in [0.1, 0.15) is 35.7 Å². The maximum absolute atomic E-state index is 12.9. The molecule has 5 nitrogen and oxygen atoms in total. The van der Waals surface area contributed by atoms with Gasteiger partial charge in [0.2, 0.25) is 0 Å². The average Bonchev–Trinajstić information content (AvgIpc) is 2.70. The molecule has 0 radical (unpaired) electrons. The number of carbonyl (C=O) groups excluding carboxylic acids is 1. The van der Waals surface area contributed by atoms with Crippen LogP contribution in [0.1, 0.15) is 11.1 Å². The SMILES string of the molecule is COc1ccc(-c2oc3c4c(ccc3c(=O)c2C)OCC(C=O)=C4)cc1. The van der Waals surface area contributed by atoms with Gasteiger partial charge in [-0.1, -0.05) is 0 Å². The van der Waals surface area contributed by atoms with Crippen molar-refractivity contribution >= 4 is 23.3 Å². The van der Waals surface area contributed by atoms with Crippen molar-refractivity contribution in [1.82, 2.24) is 0 Å². The molecule has 3 aromatic rings. The maximum Gasteiger partial charge on any atom is 0.196 e. The third-order valence-corrected chi connectivity index (χ3v) is 4.51. The van der Waals surface area contributed by atoms with E-state index in [1.807, 2.05) is 24.3 Å². The number of benzene rings is 2. The van der Waals surface area contributed by atoms with Crippen molar-refractivity contribution in [1.29, 1.82) is 0 Å². The molecule has 0 fully saturated rings.